The topological polar surface area (TPSA) is 58.4 Å². The van der Waals surface area contributed by atoms with Gasteiger partial charge >= 0.3 is 0 Å². The number of halogens is 2. The average Bonchev–Trinajstić information content (AvgIpc) is 2.43. The normalized spacial score (nSPS) is 16.5. The molecule has 1 heterocycles. The second kappa shape index (κ2) is 8.19. The number of hydrogen-bond acceptors (Lipinski definition) is 3. The number of hydrazine groups is 1. The van der Waals surface area contributed by atoms with Crippen LogP contribution in [0.1, 0.15) is 24.8 Å². The fourth-order valence-electron chi connectivity index (χ4n) is 2.52. The Balaban J connectivity index is 0.00000200. The second-order valence-corrected chi connectivity index (χ2v) is 5.12. The molecule has 1 aliphatic rings. The molecule has 1 aliphatic heterocycles. The Hall–Kier alpha value is -1.17. The minimum Gasteiger partial charge on any atom is -0.299 e. The lowest BCUT2D eigenvalue weighted by Gasteiger charge is -2.31. The van der Waals surface area contributed by atoms with Gasteiger partial charge in [-0.25, -0.2) is 10.2 Å². The van der Waals surface area contributed by atoms with Crippen molar-refractivity contribution in [1.82, 2.24) is 10.3 Å². The number of nitrogens with two attached hydrogens (primary N) is 1. The van der Waals surface area contributed by atoms with Crippen LogP contribution in [-0.2, 0) is 11.3 Å². The van der Waals surface area contributed by atoms with Crippen LogP contribution in [0.3, 0.4) is 0 Å². The Bertz CT molecular complexity index is 419. The molecule has 0 aromatic heterocycles. The molecule has 0 unspecified atom stereocenters. The van der Waals surface area contributed by atoms with Crippen molar-refractivity contribution < 1.29 is 9.18 Å². The summed E-state index contributed by atoms with van der Waals surface area (Å²) in [4.78, 5) is 13.5. The van der Waals surface area contributed by atoms with Gasteiger partial charge in [0.25, 0.3) is 0 Å². The van der Waals surface area contributed by atoms with Gasteiger partial charge in [0.2, 0.25) is 5.91 Å². The minimum atomic E-state index is -0.199. The highest BCUT2D eigenvalue weighted by atomic mass is 35.5. The first-order chi connectivity index (χ1) is 9.17. The molecule has 1 saturated heterocycles. The summed E-state index contributed by atoms with van der Waals surface area (Å²) in [5, 5.41) is 0. The molecule has 0 atom stereocenters. The monoisotopic (exact) mass is 301 g/mol. The fraction of sp³-hybridized carbons (Fsp3) is 0.500. The van der Waals surface area contributed by atoms with E-state index in [4.69, 9.17) is 5.84 Å². The Morgan fingerprint density at radius 3 is 2.45 bits per heavy atom. The SMILES string of the molecule is Cl.NNC(=O)CC1CCN(Cc2ccc(F)cc2)CC1. The van der Waals surface area contributed by atoms with Crippen molar-refractivity contribution in [2.45, 2.75) is 25.8 Å². The lowest BCUT2D eigenvalue weighted by molar-refractivity contribution is -0.122. The van der Waals surface area contributed by atoms with Gasteiger partial charge in [0.15, 0.2) is 0 Å². The van der Waals surface area contributed by atoms with E-state index in [1.54, 1.807) is 0 Å². The van der Waals surface area contributed by atoms with Crippen LogP contribution in [0.5, 0.6) is 0 Å². The first-order valence-electron chi connectivity index (χ1n) is 6.63. The first-order valence-corrected chi connectivity index (χ1v) is 6.63. The van der Waals surface area contributed by atoms with Crippen molar-refractivity contribution in [2.24, 2.45) is 11.8 Å². The van der Waals surface area contributed by atoms with Crippen LogP contribution in [0.2, 0.25) is 0 Å². The third-order valence-electron chi connectivity index (χ3n) is 3.66. The largest absolute Gasteiger partial charge is 0.299 e. The number of amides is 1. The van der Waals surface area contributed by atoms with Crippen molar-refractivity contribution in [1.29, 1.82) is 0 Å². The zero-order valence-corrected chi connectivity index (χ0v) is 12.2. The van der Waals surface area contributed by atoms with E-state index < -0.39 is 0 Å². The summed E-state index contributed by atoms with van der Waals surface area (Å²) in [6.07, 6.45) is 2.53. The van der Waals surface area contributed by atoms with Gasteiger partial charge in [0.1, 0.15) is 5.82 Å². The van der Waals surface area contributed by atoms with E-state index >= 15 is 0 Å². The molecule has 0 bridgehead atoms. The summed E-state index contributed by atoms with van der Waals surface area (Å²) in [5.74, 6) is 5.23. The summed E-state index contributed by atoms with van der Waals surface area (Å²) in [7, 11) is 0. The summed E-state index contributed by atoms with van der Waals surface area (Å²) in [6, 6.07) is 6.63. The summed E-state index contributed by atoms with van der Waals surface area (Å²) in [6.45, 7) is 2.79. The summed E-state index contributed by atoms with van der Waals surface area (Å²) < 4.78 is 12.8. The molecule has 0 radical (unpaired) electrons. The van der Waals surface area contributed by atoms with Gasteiger partial charge in [-0.3, -0.25) is 15.1 Å². The molecular formula is C14H21ClFN3O. The Kier molecular flexibility index (Phi) is 6.91. The number of carbonyl (C=O) groups is 1. The fourth-order valence-corrected chi connectivity index (χ4v) is 2.52. The Morgan fingerprint density at radius 1 is 1.30 bits per heavy atom. The van der Waals surface area contributed by atoms with Crippen LogP contribution in [0.15, 0.2) is 24.3 Å². The summed E-state index contributed by atoms with van der Waals surface area (Å²) in [5.41, 5.74) is 3.31. The molecule has 3 N–H and O–H groups in total. The van der Waals surface area contributed by atoms with Gasteiger partial charge in [0.05, 0.1) is 0 Å². The van der Waals surface area contributed by atoms with Gasteiger partial charge in [-0.1, -0.05) is 12.1 Å². The highest BCUT2D eigenvalue weighted by Gasteiger charge is 2.21. The first kappa shape index (κ1) is 16.9. The number of carbonyl (C=O) groups excluding carboxylic acids is 1. The van der Waals surface area contributed by atoms with Gasteiger partial charge in [-0.2, -0.15) is 0 Å². The molecule has 2 rings (SSSR count). The van der Waals surface area contributed by atoms with E-state index in [2.05, 4.69) is 10.3 Å². The van der Waals surface area contributed by atoms with Gasteiger partial charge < -0.3 is 0 Å². The lowest BCUT2D eigenvalue weighted by Crippen LogP contribution is -2.37. The van der Waals surface area contributed by atoms with Crippen molar-refractivity contribution in [3.63, 3.8) is 0 Å². The summed E-state index contributed by atoms with van der Waals surface area (Å²) >= 11 is 0. The third-order valence-corrected chi connectivity index (χ3v) is 3.66. The molecule has 1 fully saturated rings. The van der Waals surface area contributed by atoms with E-state index in [1.807, 2.05) is 12.1 Å². The minimum absolute atomic E-state index is 0. The zero-order chi connectivity index (χ0) is 13.7. The van der Waals surface area contributed by atoms with Crippen molar-refractivity contribution in [3.8, 4) is 0 Å². The smallest absolute Gasteiger partial charge is 0.234 e. The van der Waals surface area contributed by atoms with E-state index in [9.17, 15) is 9.18 Å². The van der Waals surface area contributed by atoms with Gasteiger partial charge in [-0.15, -0.1) is 12.4 Å². The van der Waals surface area contributed by atoms with Crippen LogP contribution in [0.4, 0.5) is 4.39 Å². The van der Waals surface area contributed by atoms with Crippen LogP contribution in [0.25, 0.3) is 0 Å². The number of rotatable bonds is 4. The molecule has 0 saturated carbocycles. The molecule has 1 aromatic carbocycles. The van der Waals surface area contributed by atoms with E-state index in [0.29, 0.717) is 12.3 Å². The molecule has 1 amide bonds. The quantitative estimate of drug-likeness (QED) is 0.507. The Morgan fingerprint density at radius 2 is 1.90 bits per heavy atom. The van der Waals surface area contributed by atoms with Crippen molar-refractivity contribution in [3.05, 3.63) is 35.6 Å². The molecule has 4 nitrogen and oxygen atoms in total. The van der Waals surface area contributed by atoms with Crippen LogP contribution >= 0.6 is 12.4 Å². The second-order valence-electron chi connectivity index (χ2n) is 5.12. The standard InChI is InChI=1S/C14H20FN3O.ClH/c15-13-3-1-12(2-4-13)10-18-7-5-11(6-8-18)9-14(19)17-16;/h1-4,11H,5-10,16H2,(H,17,19);1H. The van der Waals surface area contributed by atoms with E-state index in [0.717, 1.165) is 38.0 Å². The number of piperidine rings is 1. The van der Waals surface area contributed by atoms with Crippen molar-refractivity contribution in [2.75, 3.05) is 13.1 Å². The maximum absolute atomic E-state index is 12.8. The number of nitrogens with one attached hydrogen (secondary N) is 1. The van der Waals surface area contributed by atoms with Crippen LogP contribution in [-0.4, -0.2) is 23.9 Å². The number of benzene rings is 1. The van der Waals surface area contributed by atoms with E-state index in [-0.39, 0.29) is 24.1 Å². The van der Waals surface area contributed by atoms with Crippen molar-refractivity contribution >= 4 is 18.3 Å². The predicted octanol–water partition coefficient (Wildman–Crippen LogP) is 1.84. The number of hydrogen-bond donors (Lipinski definition) is 2. The zero-order valence-electron chi connectivity index (χ0n) is 11.3. The van der Waals surface area contributed by atoms with Gasteiger partial charge in [0, 0.05) is 13.0 Å². The van der Waals surface area contributed by atoms with Crippen LogP contribution in [0, 0.1) is 11.7 Å². The highest BCUT2D eigenvalue weighted by Crippen LogP contribution is 2.21. The number of likely N-dealkylation sites (tertiary alicyclic amines) is 1. The van der Waals surface area contributed by atoms with Gasteiger partial charge in [-0.05, 0) is 49.5 Å². The highest BCUT2D eigenvalue weighted by molar-refractivity contribution is 5.85. The molecule has 112 valence electrons. The predicted molar refractivity (Wildman–Crippen MR) is 78.6 cm³/mol. The average molecular weight is 302 g/mol. The maximum Gasteiger partial charge on any atom is 0.234 e. The lowest BCUT2D eigenvalue weighted by atomic mass is 9.93. The Labute approximate surface area is 124 Å². The maximum atomic E-state index is 12.8. The molecule has 20 heavy (non-hydrogen) atoms. The van der Waals surface area contributed by atoms with Crippen LogP contribution < -0.4 is 11.3 Å². The molecule has 6 heteroatoms. The third kappa shape index (κ3) is 5.07. The molecule has 0 spiro atoms. The molecule has 1 aromatic rings. The molecule has 0 aliphatic carbocycles. The van der Waals surface area contributed by atoms with E-state index in [1.165, 1.54) is 12.1 Å². The molecular weight excluding hydrogens is 281 g/mol. The number of nitrogens with zero attached hydrogens (tertiary/aromatic N) is 1.